The van der Waals surface area contributed by atoms with E-state index >= 15 is 0 Å². The third-order valence-corrected chi connectivity index (χ3v) is 3.56. The summed E-state index contributed by atoms with van der Waals surface area (Å²) in [5.41, 5.74) is -1.93. The first-order valence-electron chi connectivity index (χ1n) is 6.17. The highest BCUT2D eigenvalue weighted by molar-refractivity contribution is 5.75. The van der Waals surface area contributed by atoms with Gasteiger partial charge in [-0.1, -0.05) is 26.7 Å². The lowest BCUT2D eigenvalue weighted by Gasteiger charge is -2.44. The van der Waals surface area contributed by atoms with Crippen LogP contribution in [-0.4, -0.2) is 52.3 Å². The van der Waals surface area contributed by atoms with E-state index in [9.17, 15) is 20.1 Å². The normalized spacial score (nSPS) is 17.5. The molecule has 0 aromatic carbocycles. The van der Waals surface area contributed by atoms with Crippen molar-refractivity contribution in [2.45, 2.75) is 45.3 Å². The first-order valence-corrected chi connectivity index (χ1v) is 6.17. The number of hydrogen-bond acceptors (Lipinski definition) is 3. The Kier molecular flexibility index (Phi) is 6.09. The predicted octanol–water partition coefficient (Wildman–Crippen LogP) is 1.00. The van der Waals surface area contributed by atoms with E-state index in [1.54, 1.807) is 0 Å². The van der Waals surface area contributed by atoms with Gasteiger partial charge in [0.15, 0.2) is 6.73 Å². The number of quaternary nitrogens is 1. The van der Waals surface area contributed by atoms with Gasteiger partial charge in [0.1, 0.15) is 0 Å². The molecule has 0 amide bonds. The third-order valence-electron chi connectivity index (χ3n) is 3.56. The van der Waals surface area contributed by atoms with Gasteiger partial charge in [0.05, 0.1) is 20.0 Å². The van der Waals surface area contributed by atoms with Gasteiger partial charge < -0.3 is 15.3 Å². The second-order valence-corrected chi connectivity index (χ2v) is 5.11. The average molecular weight is 248 g/mol. The number of rotatable bonds is 8. The van der Waals surface area contributed by atoms with Crippen LogP contribution >= 0.6 is 0 Å². The molecule has 0 aromatic rings. The van der Waals surface area contributed by atoms with Crippen LogP contribution in [0.15, 0.2) is 0 Å². The minimum atomic E-state index is -1.93. The molecule has 5 heteroatoms. The van der Waals surface area contributed by atoms with Crippen molar-refractivity contribution in [2.24, 2.45) is 5.92 Å². The summed E-state index contributed by atoms with van der Waals surface area (Å²) in [4.78, 5) is 11.4. The molecule has 0 aliphatic heterocycles. The van der Waals surface area contributed by atoms with Crippen LogP contribution in [0.25, 0.3) is 0 Å². The summed E-state index contributed by atoms with van der Waals surface area (Å²) in [7, 11) is 3.06. The van der Waals surface area contributed by atoms with Crippen molar-refractivity contribution in [3.63, 3.8) is 0 Å². The largest absolute Gasteiger partial charge is 0.475 e. The summed E-state index contributed by atoms with van der Waals surface area (Å²) in [6, 6.07) is 0. The Balaban J connectivity index is 5.23. The number of aliphatic hydroxyl groups excluding tert-OH is 1. The molecular weight excluding hydrogens is 222 g/mol. The Labute approximate surface area is 103 Å². The number of aliphatic hydroxyl groups is 2. The summed E-state index contributed by atoms with van der Waals surface area (Å²) >= 11 is 0. The van der Waals surface area contributed by atoms with Gasteiger partial charge in [-0.2, -0.15) is 0 Å². The van der Waals surface area contributed by atoms with Gasteiger partial charge in [0.25, 0.3) is 0 Å². The van der Waals surface area contributed by atoms with Crippen molar-refractivity contribution < 1.29 is 24.6 Å². The Morgan fingerprint density at radius 1 is 1.35 bits per heavy atom. The third kappa shape index (κ3) is 3.18. The number of nitrogens with zero attached hydrogens (tertiary/aromatic N) is 1. The maximum Gasteiger partial charge on any atom is 0.395 e. The van der Waals surface area contributed by atoms with E-state index in [2.05, 4.69) is 0 Å². The first-order chi connectivity index (χ1) is 7.77. The minimum Gasteiger partial charge on any atom is -0.475 e. The van der Waals surface area contributed by atoms with E-state index in [-0.39, 0.29) is 10.4 Å². The summed E-state index contributed by atoms with van der Waals surface area (Å²) in [6.07, 6.45) is 3.06. The van der Waals surface area contributed by atoms with E-state index in [4.69, 9.17) is 0 Å². The topological polar surface area (TPSA) is 77.8 Å². The van der Waals surface area contributed by atoms with E-state index < -0.39 is 18.4 Å². The molecule has 2 atom stereocenters. The number of likely N-dealkylation sites (N-methyl/N-ethyl adjacent to an activating group) is 1. The second kappa shape index (κ2) is 6.33. The van der Waals surface area contributed by atoms with Gasteiger partial charge in [-0.05, 0) is 12.8 Å². The zero-order chi connectivity index (χ0) is 13.7. The number of carboxylic acid groups (broad SMARTS) is 1. The SMILES string of the molecule is CCCCC(CC)C(O)(C(=O)O)[N+](C)(C)CO. The number of aliphatic carboxylic acids is 1. The van der Waals surface area contributed by atoms with Crippen LogP contribution in [0.1, 0.15) is 39.5 Å². The molecule has 5 nitrogen and oxygen atoms in total. The van der Waals surface area contributed by atoms with Crippen molar-refractivity contribution >= 4 is 5.97 Å². The fraction of sp³-hybridized carbons (Fsp3) is 0.917. The lowest BCUT2D eigenvalue weighted by molar-refractivity contribution is -0.976. The molecular formula is C12H26NO4+. The number of carboxylic acids is 1. The van der Waals surface area contributed by atoms with Crippen LogP contribution in [0.5, 0.6) is 0 Å². The maximum absolute atomic E-state index is 11.4. The average Bonchev–Trinajstić information content (AvgIpc) is 2.28. The van der Waals surface area contributed by atoms with E-state index in [1.165, 1.54) is 14.1 Å². The van der Waals surface area contributed by atoms with Gasteiger partial charge in [-0.25, -0.2) is 4.79 Å². The highest BCUT2D eigenvalue weighted by Crippen LogP contribution is 2.33. The number of hydrogen-bond donors (Lipinski definition) is 3. The van der Waals surface area contributed by atoms with Gasteiger partial charge in [-0.3, -0.25) is 4.48 Å². The van der Waals surface area contributed by atoms with Crippen molar-refractivity contribution in [1.29, 1.82) is 0 Å². The van der Waals surface area contributed by atoms with Crippen molar-refractivity contribution in [2.75, 3.05) is 20.8 Å². The maximum atomic E-state index is 11.4. The quantitative estimate of drug-likeness (QED) is 0.442. The highest BCUT2D eigenvalue weighted by Gasteiger charge is 2.56. The summed E-state index contributed by atoms with van der Waals surface area (Å²) in [6.45, 7) is 3.48. The molecule has 17 heavy (non-hydrogen) atoms. The Morgan fingerprint density at radius 2 is 1.88 bits per heavy atom. The monoisotopic (exact) mass is 248 g/mol. The molecule has 2 unspecified atom stereocenters. The molecule has 0 aliphatic rings. The van der Waals surface area contributed by atoms with Gasteiger partial charge in [-0.15, -0.1) is 0 Å². The highest BCUT2D eigenvalue weighted by atomic mass is 16.4. The molecule has 0 rings (SSSR count). The van der Waals surface area contributed by atoms with E-state index in [0.29, 0.717) is 12.8 Å². The Bertz CT molecular complexity index is 255. The molecule has 0 radical (unpaired) electrons. The van der Waals surface area contributed by atoms with Crippen molar-refractivity contribution in [3.8, 4) is 0 Å². The molecule has 0 aromatic heterocycles. The van der Waals surface area contributed by atoms with Gasteiger partial charge in [0, 0.05) is 0 Å². The van der Waals surface area contributed by atoms with Crippen LogP contribution in [0.2, 0.25) is 0 Å². The van der Waals surface area contributed by atoms with Crippen LogP contribution in [-0.2, 0) is 4.79 Å². The van der Waals surface area contributed by atoms with Crippen molar-refractivity contribution in [3.05, 3.63) is 0 Å². The first kappa shape index (κ1) is 16.4. The molecule has 0 saturated heterocycles. The van der Waals surface area contributed by atoms with Crippen LogP contribution < -0.4 is 0 Å². The zero-order valence-electron chi connectivity index (χ0n) is 11.3. The minimum absolute atomic E-state index is 0.343. The lowest BCUT2D eigenvalue weighted by Crippen LogP contribution is -2.68. The number of carbonyl (C=O) groups is 1. The lowest BCUT2D eigenvalue weighted by atomic mass is 9.86. The number of unbranched alkanes of at least 4 members (excludes halogenated alkanes) is 1. The zero-order valence-corrected chi connectivity index (χ0v) is 11.3. The molecule has 0 aliphatic carbocycles. The van der Waals surface area contributed by atoms with Crippen LogP contribution in [0, 0.1) is 5.92 Å². The standard InChI is InChI=1S/C12H25NO4/c1-5-7-8-10(6-2)12(17,11(15)16)13(3,4)9-14/h10,14,17H,5-9H2,1-4H3/p+1. The molecule has 0 bridgehead atoms. The molecule has 0 heterocycles. The van der Waals surface area contributed by atoms with Crippen molar-refractivity contribution in [1.82, 2.24) is 0 Å². The fourth-order valence-electron chi connectivity index (χ4n) is 2.18. The molecule has 0 spiro atoms. The molecule has 0 saturated carbocycles. The fourth-order valence-corrected chi connectivity index (χ4v) is 2.18. The molecule has 0 fully saturated rings. The summed E-state index contributed by atoms with van der Waals surface area (Å²) in [5, 5.41) is 29.1. The summed E-state index contributed by atoms with van der Waals surface area (Å²) in [5.74, 6) is -1.62. The Hall–Kier alpha value is -0.650. The van der Waals surface area contributed by atoms with Gasteiger partial charge >= 0.3 is 11.7 Å². The van der Waals surface area contributed by atoms with E-state index in [1.807, 2.05) is 13.8 Å². The smallest absolute Gasteiger partial charge is 0.395 e. The van der Waals surface area contributed by atoms with Crippen LogP contribution in [0.3, 0.4) is 0 Å². The van der Waals surface area contributed by atoms with Crippen LogP contribution in [0.4, 0.5) is 0 Å². The predicted molar refractivity (Wildman–Crippen MR) is 65.1 cm³/mol. The van der Waals surface area contributed by atoms with E-state index in [0.717, 1.165) is 12.8 Å². The molecule has 102 valence electrons. The summed E-state index contributed by atoms with van der Waals surface area (Å²) < 4.78 is -0.343. The second-order valence-electron chi connectivity index (χ2n) is 5.11. The van der Waals surface area contributed by atoms with Gasteiger partial charge in [0.2, 0.25) is 0 Å². The Morgan fingerprint density at radius 3 is 2.18 bits per heavy atom. The molecule has 3 N–H and O–H groups in total.